The fourth-order valence-electron chi connectivity index (χ4n) is 1.87. The lowest BCUT2D eigenvalue weighted by Gasteiger charge is -2.17. The number of hydrogen-bond donors (Lipinski definition) is 1. The minimum Gasteiger partial charge on any atom is -0.392 e. The fourth-order valence-corrected chi connectivity index (χ4v) is 3.42. The molecule has 4 nitrogen and oxygen atoms in total. The molecule has 0 aromatic heterocycles. The first-order chi connectivity index (χ1) is 8.37. The molecule has 0 aliphatic heterocycles. The van der Waals surface area contributed by atoms with Crippen LogP contribution in [0.5, 0.6) is 0 Å². The molecule has 6 heteroatoms. The molecule has 1 N–H and O–H groups in total. The van der Waals surface area contributed by atoms with E-state index in [0.29, 0.717) is 0 Å². The monoisotopic (exact) mass is 273 g/mol. The van der Waals surface area contributed by atoms with Gasteiger partial charge in [-0.15, -0.1) is 0 Å². The van der Waals surface area contributed by atoms with E-state index >= 15 is 0 Å². The molecule has 0 heterocycles. The number of hydrogen-bond acceptors (Lipinski definition) is 3. The molecule has 1 aliphatic carbocycles. The Morgan fingerprint density at radius 2 is 2.06 bits per heavy atom. The maximum Gasteiger partial charge on any atom is 0.243 e. The van der Waals surface area contributed by atoms with Crippen molar-refractivity contribution >= 4 is 10.0 Å². The summed E-state index contributed by atoms with van der Waals surface area (Å²) in [6.45, 7) is 0.980. The summed E-state index contributed by atoms with van der Waals surface area (Å²) in [7, 11) is -2.06. The number of benzene rings is 1. The van der Waals surface area contributed by atoms with Crippen LogP contribution >= 0.6 is 0 Å². The average Bonchev–Trinajstić information content (AvgIpc) is 3.15. The van der Waals surface area contributed by atoms with Gasteiger partial charge in [-0.1, -0.05) is 0 Å². The van der Waals surface area contributed by atoms with Gasteiger partial charge in [-0.05, 0) is 37.5 Å². The Labute approximate surface area is 106 Å². The zero-order chi connectivity index (χ0) is 13.5. The van der Waals surface area contributed by atoms with E-state index in [9.17, 15) is 12.8 Å². The Morgan fingerprint density at radius 1 is 1.44 bits per heavy atom. The maximum atomic E-state index is 13.6. The molecule has 1 aliphatic rings. The number of rotatable bonds is 4. The summed E-state index contributed by atoms with van der Waals surface area (Å²) in [5.74, 6) is -0.550. The summed E-state index contributed by atoms with van der Waals surface area (Å²) in [4.78, 5) is 0.0415. The predicted molar refractivity (Wildman–Crippen MR) is 65.0 cm³/mol. The van der Waals surface area contributed by atoms with Crippen molar-refractivity contribution in [2.24, 2.45) is 0 Å². The van der Waals surface area contributed by atoms with E-state index in [1.54, 1.807) is 0 Å². The van der Waals surface area contributed by atoms with Gasteiger partial charge in [0, 0.05) is 18.7 Å². The summed E-state index contributed by atoms with van der Waals surface area (Å²) < 4.78 is 39.4. The predicted octanol–water partition coefficient (Wildman–Crippen LogP) is 1.41. The summed E-state index contributed by atoms with van der Waals surface area (Å²) in [5.41, 5.74) is 0.238. The second kappa shape index (κ2) is 4.60. The molecule has 1 fully saturated rings. The molecule has 0 saturated heterocycles. The van der Waals surface area contributed by atoms with Crippen molar-refractivity contribution in [2.45, 2.75) is 37.3 Å². The van der Waals surface area contributed by atoms with Crippen LogP contribution in [0.1, 0.15) is 24.0 Å². The van der Waals surface area contributed by atoms with Gasteiger partial charge in [0.25, 0.3) is 0 Å². The van der Waals surface area contributed by atoms with Crippen LogP contribution in [-0.4, -0.2) is 30.9 Å². The number of sulfonamides is 1. The highest BCUT2D eigenvalue weighted by molar-refractivity contribution is 7.89. The normalized spacial score (nSPS) is 16.3. The Bertz CT molecular complexity index is 567. The van der Waals surface area contributed by atoms with Gasteiger partial charge in [0.2, 0.25) is 10.0 Å². The minimum atomic E-state index is -3.59. The average molecular weight is 273 g/mol. The van der Waals surface area contributed by atoms with Crippen molar-refractivity contribution in [3.8, 4) is 0 Å². The Morgan fingerprint density at radius 3 is 2.56 bits per heavy atom. The molecule has 1 aromatic rings. The molecule has 2 rings (SSSR count). The summed E-state index contributed by atoms with van der Waals surface area (Å²) in [6, 6.07) is 2.57. The number of aliphatic hydroxyl groups excluding tert-OH is 1. The number of nitrogens with zero attached hydrogens (tertiary/aromatic N) is 1. The molecule has 0 radical (unpaired) electrons. The first kappa shape index (κ1) is 13.5. The summed E-state index contributed by atoms with van der Waals surface area (Å²) >= 11 is 0. The maximum absolute atomic E-state index is 13.6. The Kier molecular flexibility index (Phi) is 3.44. The van der Waals surface area contributed by atoms with Crippen LogP contribution in [0, 0.1) is 12.7 Å². The van der Waals surface area contributed by atoms with Gasteiger partial charge in [-0.3, -0.25) is 0 Å². The third kappa shape index (κ3) is 2.28. The largest absolute Gasteiger partial charge is 0.392 e. The van der Waals surface area contributed by atoms with Crippen LogP contribution in [0.3, 0.4) is 0 Å². The van der Waals surface area contributed by atoms with Gasteiger partial charge in [-0.25, -0.2) is 12.8 Å². The molecule has 1 aromatic carbocycles. The lowest BCUT2D eigenvalue weighted by Crippen LogP contribution is -2.29. The number of halogens is 1. The highest BCUT2D eigenvalue weighted by atomic mass is 32.2. The van der Waals surface area contributed by atoms with Crippen LogP contribution < -0.4 is 0 Å². The zero-order valence-electron chi connectivity index (χ0n) is 10.4. The number of aliphatic hydroxyl groups is 1. The highest BCUT2D eigenvalue weighted by Gasteiger charge is 2.35. The second-order valence-electron chi connectivity index (χ2n) is 4.62. The molecule has 0 unspecified atom stereocenters. The fraction of sp³-hybridized carbons (Fsp3) is 0.500. The third-order valence-corrected chi connectivity index (χ3v) is 5.10. The molecule has 100 valence electrons. The van der Waals surface area contributed by atoms with E-state index in [-0.39, 0.29) is 22.1 Å². The topological polar surface area (TPSA) is 57.6 Å². The molecule has 0 spiro atoms. The lowest BCUT2D eigenvalue weighted by molar-refractivity contribution is 0.275. The van der Waals surface area contributed by atoms with Crippen LogP contribution in [0.25, 0.3) is 0 Å². The molecule has 18 heavy (non-hydrogen) atoms. The summed E-state index contributed by atoms with van der Waals surface area (Å²) in [5, 5.41) is 9.04. The van der Waals surface area contributed by atoms with Crippen molar-refractivity contribution < 1.29 is 17.9 Å². The number of aryl methyl sites for hydroxylation is 1. The van der Waals surface area contributed by atoms with E-state index in [1.165, 1.54) is 30.4 Å². The second-order valence-corrected chi connectivity index (χ2v) is 6.62. The lowest BCUT2D eigenvalue weighted by atomic mass is 10.1. The Hall–Kier alpha value is -0.980. The van der Waals surface area contributed by atoms with E-state index in [4.69, 9.17) is 5.11 Å². The van der Waals surface area contributed by atoms with Crippen molar-refractivity contribution in [1.29, 1.82) is 0 Å². The standard InChI is InChI=1S/C12H16FNO3S/c1-8-5-11(6-9(7-15)12(8)13)18(16,17)14(2)10-3-4-10/h5-6,10,15H,3-4,7H2,1-2H3. The molecule has 0 amide bonds. The first-order valence-electron chi connectivity index (χ1n) is 5.76. The third-order valence-electron chi connectivity index (χ3n) is 3.21. The van der Waals surface area contributed by atoms with E-state index in [1.807, 2.05) is 0 Å². The van der Waals surface area contributed by atoms with E-state index < -0.39 is 22.4 Å². The quantitative estimate of drug-likeness (QED) is 0.902. The van der Waals surface area contributed by atoms with Gasteiger partial charge in [0.15, 0.2) is 0 Å². The van der Waals surface area contributed by atoms with Crippen LogP contribution in [0.2, 0.25) is 0 Å². The molecule has 0 bridgehead atoms. The van der Waals surface area contributed by atoms with Gasteiger partial charge >= 0.3 is 0 Å². The Balaban J connectivity index is 2.47. The van der Waals surface area contributed by atoms with E-state index in [2.05, 4.69) is 0 Å². The zero-order valence-corrected chi connectivity index (χ0v) is 11.2. The summed E-state index contributed by atoms with van der Waals surface area (Å²) in [6.07, 6.45) is 1.73. The molecular weight excluding hydrogens is 257 g/mol. The van der Waals surface area contributed by atoms with Crippen LogP contribution in [0.15, 0.2) is 17.0 Å². The highest BCUT2D eigenvalue weighted by Crippen LogP contribution is 2.31. The van der Waals surface area contributed by atoms with E-state index in [0.717, 1.165) is 12.8 Å². The van der Waals surface area contributed by atoms with Gasteiger partial charge in [0.1, 0.15) is 5.82 Å². The molecular formula is C12H16FNO3S. The molecule has 1 saturated carbocycles. The SMILES string of the molecule is Cc1cc(S(=O)(=O)N(C)C2CC2)cc(CO)c1F. The van der Waals surface area contributed by atoms with Gasteiger partial charge < -0.3 is 5.11 Å². The minimum absolute atomic E-state index is 0.0118. The van der Waals surface area contributed by atoms with Gasteiger partial charge in [-0.2, -0.15) is 4.31 Å². The smallest absolute Gasteiger partial charge is 0.243 e. The van der Waals surface area contributed by atoms with Crippen molar-refractivity contribution in [3.63, 3.8) is 0 Å². The van der Waals surface area contributed by atoms with Crippen molar-refractivity contribution in [1.82, 2.24) is 4.31 Å². The molecule has 0 atom stereocenters. The van der Waals surface area contributed by atoms with Crippen LogP contribution in [0.4, 0.5) is 4.39 Å². The first-order valence-corrected chi connectivity index (χ1v) is 7.20. The van der Waals surface area contributed by atoms with Gasteiger partial charge in [0.05, 0.1) is 11.5 Å². The van der Waals surface area contributed by atoms with Crippen LogP contribution in [-0.2, 0) is 16.6 Å². The van der Waals surface area contributed by atoms with Crippen molar-refractivity contribution in [2.75, 3.05) is 7.05 Å². The van der Waals surface area contributed by atoms with Crippen molar-refractivity contribution in [3.05, 3.63) is 29.1 Å².